The second-order valence-electron chi connectivity index (χ2n) is 10.8. The molecule has 0 bridgehead atoms. The van der Waals surface area contributed by atoms with E-state index in [0.717, 1.165) is 12.8 Å². The zero-order chi connectivity index (χ0) is 32.8. The molecule has 0 heterocycles. The van der Waals surface area contributed by atoms with Gasteiger partial charge in [0.1, 0.15) is 22.8 Å². The largest absolute Gasteiger partial charge is 0.504 e. The van der Waals surface area contributed by atoms with Crippen LogP contribution in [0.15, 0.2) is 48.5 Å². The lowest BCUT2D eigenvalue weighted by molar-refractivity contribution is -0.118. The Morgan fingerprint density at radius 2 is 1.53 bits per heavy atom. The monoisotopic (exact) mass is 638 g/mol. The number of hydrogen-bond acceptors (Lipinski definition) is 7. The maximum absolute atomic E-state index is 12.7. The second kappa shape index (κ2) is 17.9. The predicted molar refractivity (Wildman–Crippen MR) is 177 cm³/mol. The Bertz CT molecular complexity index is 1460. The zero-order valence-corrected chi connectivity index (χ0v) is 27.2. The van der Waals surface area contributed by atoms with Crippen LogP contribution >= 0.6 is 11.6 Å². The van der Waals surface area contributed by atoms with E-state index in [1.807, 2.05) is 24.3 Å². The highest BCUT2D eigenvalue weighted by Gasteiger charge is 2.20. The third kappa shape index (κ3) is 10.7. The summed E-state index contributed by atoms with van der Waals surface area (Å²) in [6.07, 6.45) is 10.1. The molecule has 3 aromatic rings. The fourth-order valence-electron chi connectivity index (χ4n) is 4.62. The summed E-state index contributed by atoms with van der Waals surface area (Å²) < 4.78 is 16.6. The normalized spacial score (nSPS) is 10.7. The number of phenols is 1. The lowest BCUT2D eigenvalue weighted by Gasteiger charge is -2.17. The number of amides is 2. The number of carbonyl (C=O) groups is 3. The number of esters is 1. The first-order valence-electron chi connectivity index (χ1n) is 15.4. The molecule has 0 aliphatic heterocycles. The van der Waals surface area contributed by atoms with E-state index in [0.29, 0.717) is 17.0 Å². The van der Waals surface area contributed by atoms with Crippen molar-refractivity contribution in [3.05, 3.63) is 70.2 Å². The number of hydrogen-bond donors (Lipinski definition) is 3. The number of methoxy groups -OCH3 is 1. The van der Waals surface area contributed by atoms with Crippen molar-refractivity contribution < 1.29 is 33.7 Å². The van der Waals surface area contributed by atoms with E-state index in [1.54, 1.807) is 19.9 Å². The van der Waals surface area contributed by atoms with Gasteiger partial charge in [0.2, 0.25) is 5.91 Å². The van der Waals surface area contributed by atoms with Crippen LogP contribution < -0.4 is 20.1 Å². The Balaban J connectivity index is 1.61. The predicted octanol–water partition coefficient (Wildman–Crippen LogP) is 8.59. The number of aryl methyl sites for hydroxylation is 1. The number of nitrogens with one attached hydrogen (secondary N) is 2. The lowest BCUT2D eigenvalue weighted by atomic mass is 10.0. The van der Waals surface area contributed by atoms with Crippen molar-refractivity contribution >= 4 is 40.8 Å². The number of rotatable bonds is 17. The van der Waals surface area contributed by atoms with Gasteiger partial charge in [0, 0.05) is 23.7 Å². The average molecular weight is 639 g/mol. The van der Waals surface area contributed by atoms with E-state index in [9.17, 15) is 19.5 Å². The van der Waals surface area contributed by atoms with Gasteiger partial charge in [-0.15, -0.1) is 0 Å². The Kier molecular flexibility index (Phi) is 14.0. The maximum Gasteiger partial charge on any atom is 0.341 e. The molecule has 0 saturated carbocycles. The second-order valence-corrected chi connectivity index (χ2v) is 11.1. The van der Waals surface area contributed by atoms with Gasteiger partial charge in [-0.25, -0.2) is 4.79 Å². The van der Waals surface area contributed by atoms with E-state index in [4.69, 9.17) is 25.8 Å². The number of halogens is 1. The molecule has 0 atom stereocenters. The Hall–Kier alpha value is -4.24. The minimum Gasteiger partial charge on any atom is -0.504 e. The summed E-state index contributed by atoms with van der Waals surface area (Å²) in [6.45, 7) is 5.30. The van der Waals surface area contributed by atoms with Crippen LogP contribution in [0.2, 0.25) is 5.02 Å². The molecule has 0 aromatic heterocycles. The van der Waals surface area contributed by atoms with E-state index >= 15 is 0 Å². The molecule has 0 saturated heterocycles. The highest BCUT2D eigenvalue weighted by Crippen LogP contribution is 2.42. The molecule has 9 nitrogen and oxygen atoms in total. The molecule has 0 fully saturated rings. The van der Waals surface area contributed by atoms with Gasteiger partial charge in [0.25, 0.3) is 5.91 Å². The molecule has 3 aromatic carbocycles. The van der Waals surface area contributed by atoms with Gasteiger partial charge in [-0.05, 0) is 55.7 Å². The molecule has 0 radical (unpaired) electrons. The van der Waals surface area contributed by atoms with Crippen molar-refractivity contribution in [3.8, 4) is 23.0 Å². The third-order valence-electron chi connectivity index (χ3n) is 7.28. The number of unbranched alkanes of at least 4 members (excludes halogenated alkanes) is 6. The first-order valence-corrected chi connectivity index (χ1v) is 15.8. The van der Waals surface area contributed by atoms with Crippen LogP contribution in [0.25, 0.3) is 0 Å². The molecule has 3 rings (SSSR count). The SMILES string of the molecule is CCCCCCCCCc1ccc(OCC(=O)Nc2ccc(Oc3cc(NC(=O)CC)c(O)c(Cl)c3C)c(C(=O)OC)c2)cc1. The summed E-state index contributed by atoms with van der Waals surface area (Å²) in [5, 5.41) is 15.7. The van der Waals surface area contributed by atoms with E-state index in [1.165, 1.54) is 69.4 Å². The minimum atomic E-state index is -0.698. The molecule has 3 N–H and O–H groups in total. The Labute approximate surface area is 270 Å². The fraction of sp³-hybridized carbons (Fsp3) is 0.400. The highest BCUT2D eigenvalue weighted by molar-refractivity contribution is 6.33. The van der Waals surface area contributed by atoms with Crippen LogP contribution in [0, 0.1) is 6.92 Å². The molecule has 2 amide bonds. The summed E-state index contributed by atoms with van der Waals surface area (Å²) in [6, 6.07) is 13.7. The van der Waals surface area contributed by atoms with Crippen molar-refractivity contribution in [1.29, 1.82) is 0 Å². The smallest absolute Gasteiger partial charge is 0.341 e. The molecule has 0 aliphatic carbocycles. The Morgan fingerprint density at radius 1 is 0.844 bits per heavy atom. The van der Waals surface area contributed by atoms with Crippen LogP contribution in [-0.4, -0.2) is 36.6 Å². The molecule has 45 heavy (non-hydrogen) atoms. The van der Waals surface area contributed by atoms with Gasteiger partial charge in [0.15, 0.2) is 12.4 Å². The number of aromatic hydroxyl groups is 1. The van der Waals surface area contributed by atoms with Gasteiger partial charge in [-0.1, -0.05) is 76.1 Å². The van der Waals surface area contributed by atoms with E-state index in [-0.39, 0.29) is 52.5 Å². The average Bonchev–Trinajstić information content (AvgIpc) is 3.05. The van der Waals surface area contributed by atoms with Crippen molar-refractivity contribution in [2.45, 2.75) is 78.6 Å². The quantitative estimate of drug-likeness (QED) is 0.0768. The van der Waals surface area contributed by atoms with Gasteiger partial charge in [-0.2, -0.15) is 0 Å². The maximum atomic E-state index is 12.7. The fourth-order valence-corrected chi connectivity index (χ4v) is 4.82. The van der Waals surface area contributed by atoms with Crippen molar-refractivity contribution in [3.63, 3.8) is 0 Å². The van der Waals surface area contributed by atoms with Gasteiger partial charge >= 0.3 is 5.97 Å². The number of ether oxygens (including phenoxy) is 3. The van der Waals surface area contributed by atoms with Crippen molar-refractivity contribution in [1.82, 2.24) is 0 Å². The lowest BCUT2D eigenvalue weighted by Crippen LogP contribution is -2.20. The van der Waals surface area contributed by atoms with Crippen LogP contribution in [-0.2, 0) is 20.7 Å². The van der Waals surface area contributed by atoms with Crippen molar-refractivity contribution in [2.24, 2.45) is 0 Å². The first-order chi connectivity index (χ1) is 21.7. The minimum absolute atomic E-state index is 0.00906. The first kappa shape index (κ1) is 35.2. The molecule has 0 unspecified atom stereocenters. The standard InChI is InChI=1S/C35H43ClN2O7/c1-5-7-8-9-10-11-12-13-24-14-17-26(18-15-24)44-22-32(40)37-25-16-19-29(27(20-25)35(42)43-4)45-30-21-28(38-31(39)6-2)34(41)33(36)23(30)3/h14-21,41H,5-13,22H2,1-4H3,(H,37,40)(H,38,39). The summed E-state index contributed by atoms with van der Waals surface area (Å²) in [5.41, 5.74) is 2.07. The highest BCUT2D eigenvalue weighted by atomic mass is 35.5. The molecule has 0 spiro atoms. The summed E-state index contributed by atoms with van der Waals surface area (Å²) in [7, 11) is 1.23. The van der Waals surface area contributed by atoms with Crippen LogP contribution in [0.4, 0.5) is 11.4 Å². The summed E-state index contributed by atoms with van der Waals surface area (Å²) in [5.74, 6) is -0.828. The molecule has 0 aliphatic rings. The van der Waals surface area contributed by atoms with Crippen LogP contribution in [0.5, 0.6) is 23.0 Å². The molecule has 10 heteroatoms. The van der Waals surface area contributed by atoms with E-state index < -0.39 is 11.9 Å². The molecular weight excluding hydrogens is 596 g/mol. The zero-order valence-electron chi connectivity index (χ0n) is 26.5. The number of benzene rings is 3. The van der Waals surface area contributed by atoms with Gasteiger partial charge in [0.05, 0.1) is 17.8 Å². The number of carbonyl (C=O) groups excluding carboxylic acids is 3. The third-order valence-corrected chi connectivity index (χ3v) is 7.75. The molecule has 242 valence electrons. The molecular formula is C35H43ClN2O7. The van der Waals surface area contributed by atoms with Crippen LogP contribution in [0.3, 0.4) is 0 Å². The van der Waals surface area contributed by atoms with Crippen LogP contribution in [0.1, 0.15) is 86.7 Å². The topological polar surface area (TPSA) is 123 Å². The Morgan fingerprint density at radius 3 is 2.20 bits per heavy atom. The summed E-state index contributed by atoms with van der Waals surface area (Å²) >= 11 is 6.29. The van der Waals surface area contributed by atoms with Gasteiger partial charge in [-0.3, -0.25) is 9.59 Å². The summed E-state index contributed by atoms with van der Waals surface area (Å²) in [4.78, 5) is 37.2. The van der Waals surface area contributed by atoms with Gasteiger partial charge < -0.3 is 30.0 Å². The van der Waals surface area contributed by atoms with E-state index in [2.05, 4.69) is 17.6 Å². The number of anilines is 2. The number of phenolic OH excluding ortho intramolecular Hbond substituents is 1. The van der Waals surface area contributed by atoms with Crippen molar-refractivity contribution in [2.75, 3.05) is 24.4 Å².